The molecule has 8 heteroatoms. The molecule has 0 bridgehead atoms. The largest absolute Gasteiger partial charge is 0.380 e. The number of nitrogens with one attached hydrogen (secondary N) is 2. The number of nitrogens with zero attached hydrogens (tertiary/aromatic N) is 4. The van der Waals surface area contributed by atoms with E-state index in [1.54, 1.807) is 7.05 Å². The van der Waals surface area contributed by atoms with Crippen LogP contribution in [0.1, 0.15) is 31.4 Å². The van der Waals surface area contributed by atoms with Crippen LogP contribution in [0, 0.1) is 0 Å². The van der Waals surface area contributed by atoms with E-state index in [0.29, 0.717) is 13.2 Å². The van der Waals surface area contributed by atoms with Crippen molar-refractivity contribution in [1.82, 2.24) is 25.4 Å². The molecule has 2 N–H and O–H groups in total. The first-order chi connectivity index (χ1) is 9.85. The summed E-state index contributed by atoms with van der Waals surface area (Å²) in [5.41, 5.74) is 0. The predicted molar refractivity (Wildman–Crippen MR) is 93.1 cm³/mol. The van der Waals surface area contributed by atoms with E-state index in [0.717, 1.165) is 43.7 Å². The SMILES string of the molecule is CCOCCNC(=NC)NCc1nnc2n1CCCC2.I. The van der Waals surface area contributed by atoms with Crippen molar-refractivity contribution in [2.45, 2.75) is 39.3 Å². The summed E-state index contributed by atoms with van der Waals surface area (Å²) in [5.74, 6) is 2.85. The Morgan fingerprint density at radius 2 is 2.19 bits per heavy atom. The van der Waals surface area contributed by atoms with Gasteiger partial charge in [0.2, 0.25) is 0 Å². The number of hydrogen-bond donors (Lipinski definition) is 2. The van der Waals surface area contributed by atoms with Crippen molar-refractivity contribution in [3.8, 4) is 0 Å². The molecule has 2 heterocycles. The number of aliphatic imine (C=N–C) groups is 1. The number of fused-ring (bicyclic) bond motifs is 1. The third-order valence-corrected chi connectivity index (χ3v) is 3.32. The van der Waals surface area contributed by atoms with E-state index >= 15 is 0 Å². The molecule has 0 amide bonds. The van der Waals surface area contributed by atoms with Crippen molar-refractivity contribution in [2.24, 2.45) is 4.99 Å². The molecule has 2 rings (SSSR count). The molecule has 0 radical (unpaired) electrons. The molecule has 120 valence electrons. The van der Waals surface area contributed by atoms with Gasteiger partial charge in [-0.2, -0.15) is 0 Å². The van der Waals surface area contributed by atoms with E-state index in [-0.39, 0.29) is 24.0 Å². The maximum absolute atomic E-state index is 5.28. The van der Waals surface area contributed by atoms with Crippen LogP contribution in [-0.2, 0) is 24.2 Å². The summed E-state index contributed by atoms with van der Waals surface area (Å²) in [7, 11) is 1.76. The van der Waals surface area contributed by atoms with E-state index in [2.05, 4.69) is 30.4 Å². The third-order valence-electron chi connectivity index (χ3n) is 3.32. The molecule has 1 aliphatic rings. The average Bonchev–Trinajstić information content (AvgIpc) is 2.90. The van der Waals surface area contributed by atoms with Crippen molar-refractivity contribution < 1.29 is 4.74 Å². The number of hydrogen-bond acceptors (Lipinski definition) is 4. The van der Waals surface area contributed by atoms with Crippen LogP contribution in [0.3, 0.4) is 0 Å². The fourth-order valence-corrected chi connectivity index (χ4v) is 2.27. The lowest BCUT2D eigenvalue weighted by Gasteiger charge is -2.16. The monoisotopic (exact) mass is 408 g/mol. The molecular formula is C13H25IN6O. The van der Waals surface area contributed by atoms with Gasteiger partial charge in [-0.3, -0.25) is 4.99 Å². The molecule has 1 aromatic rings. The van der Waals surface area contributed by atoms with Crippen molar-refractivity contribution in [1.29, 1.82) is 0 Å². The van der Waals surface area contributed by atoms with Crippen LogP contribution in [0.25, 0.3) is 0 Å². The Balaban J connectivity index is 0.00000220. The van der Waals surface area contributed by atoms with Gasteiger partial charge in [0.05, 0.1) is 13.2 Å². The number of guanidine groups is 1. The summed E-state index contributed by atoms with van der Waals surface area (Å²) >= 11 is 0. The van der Waals surface area contributed by atoms with Gasteiger partial charge < -0.3 is 19.9 Å². The second kappa shape index (κ2) is 9.93. The van der Waals surface area contributed by atoms with Gasteiger partial charge in [0.1, 0.15) is 5.82 Å². The molecule has 0 fully saturated rings. The minimum absolute atomic E-state index is 0. The topological polar surface area (TPSA) is 76.4 Å². The molecule has 0 aliphatic carbocycles. The van der Waals surface area contributed by atoms with Gasteiger partial charge in [-0.15, -0.1) is 34.2 Å². The smallest absolute Gasteiger partial charge is 0.191 e. The van der Waals surface area contributed by atoms with Crippen LogP contribution in [0.2, 0.25) is 0 Å². The van der Waals surface area contributed by atoms with E-state index in [9.17, 15) is 0 Å². The minimum Gasteiger partial charge on any atom is -0.380 e. The first kappa shape index (κ1) is 18.1. The fraction of sp³-hybridized carbons (Fsp3) is 0.769. The van der Waals surface area contributed by atoms with Crippen LogP contribution in [-0.4, -0.2) is 47.5 Å². The lowest BCUT2D eigenvalue weighted by atomic mass is 10.2. The second-order valence-electron chi connectivity index (χ2n) is 4.69. The molecule has 1 aromatic heterocycles. The van der Waals surface area contributed by atoms with Gasteiger partial charge in [0.25, 0.3) is 0 Å². The molecule has 1 aliphatic heterocycles. The lowest BCUT2D eigenvalue weighted by molar-refractivity contribution is 0.152. The fourth-order valence-electron chi connectivity index (χ4n) is 2.27. The first-order valence-electron chi connectivity index (χ1n) is 7.28. The van der Waals surface area contributed by atoms with Crippen molar-refractivity contribution in [2.75, 3.05) is 26.8 Å². The summed E-state index contributed by atoms with van der Waals surface area (Å²) in [6.07, 6.45) is 3.46. The van der Waals surface area contributed by atoms with Crippen LogP contribution in [0.5, 0.6) is 0 Å². The summed E-state index contributed by atoms with van der Waals surface area (Å²) in [6, 6.07) is 0. The van der Waals surface area contributed by atoms with E-state index in [1.165, 1.54) is 12.8 Å². The van der Waals surface area contributed by atoms with Crippen LogP contribution >= 0.6 is 24.0 Å². The van der Waals surface area contributed by atoms with E-state index in [4.69, 9.17) is 4.74 Å². The Bertz CT molecular complexity index is 448. The Morgan fingerprint density at radius 3 is 2.95 bits per heavy atom. The van der Waals surface area contributed by atoms with Crippen molar-refractivity contribution >= 4 is 29.9 Å². The number of ether oxygens (including phenoxy) is 1. The second-order valence-corrected chi connectivity index (χ2v) is 4.69. The van der Waals surface area contributed by atoms with Crippen LogP contribution < -0.4 is 10.6 Å². The zero-order valence-electron chi connectivity index (χ0n) is 12.8. The standard InChI is InChI=1S/C13H24N6O.HI/c1-3-20-9-7-15-13(14-2)16-10-12-18-17-11-6-4-5-8-19(11)12;/h3-10H2,1-2H3,(H2,14,15,16);1H. The van der Waals surface area contributed by atoms with Crippen molar-refractivity contribution in [3.05, 3.63) is 11.6 Å². The maximum Gasteiger partial charge on any atom is 0.191 e. The zero-order chi connectivity index (χ0) is 14.2. The molecule has 21 heavy (non-hydrogen) atoms. The Hall–Kier alpha value is -0.900. The quantitative estimate of drug-likeness (QED) is 0.317. The Morgan fingerprint density at radius 1 is 1.33 bits per heavy atom. The number of halogens is 1. The summed E-state index contributed by atoms with van der Waals surface area (Å²) in [6.45, 7) is 5.81. The molecule has 0 aromatic carbocycles. The molecule has 0 unspecified atom stereocenters. The van der Waals surface area contributed by atoms with E-state index in [1.807, 2.05) is 6.92 Å². The minimum atomic E-state index is 0. The summed E-state index contributed by atoms with van der Waals surface area (Å²) in [4.78, 5) is 4.18. The van der Waals surface area contributed by atoms with Crippen LogP contribution in [0.4, 0.5) is 0 Å². The third kappa shape index (κ3) is 5.42. The maximum atomic E-state index is 5.28. The number of aryl methyl sites for hydroxylation is 1. The Labute approximate surface area is 143 Å². The zero-order valence-corrected chi connectivity index (χ0v) is 15.1. The summed E-state index contributed by atoms with van der Waals surface area (Å²) in [5, 5.41) is 15.0. The normalized spacial score (nSPS) is 14.3. The highest BCUT2D eigenvalue weighted by atomic mass is 127. The Kier molecular flexibility index (Phi) is 8.58. The molecule has 0 saturated carbocycles. The predicted octanol–water partition coefficient (Wildman–Crippen LogP) is 0.934. The van der Waals surface area contributed by atoms with Gasteiger partial charge in [-0.1, -0.05) is 0 Å². The van der Waals surface area contributed by atoms with Gasteiger partial charge in [-0.25, -0.2) is 0 Å². The molecule has 0 spiro atoms. The van der Waals surface area contributed by atoms with Gasteiger partial charge in [-0.05, 0) is 19.8 Å². The highest BCUT2D eigenvalue weighted by molar-refractivity contribution is 14.0. The molecule has 7 nitrogen and oxygen atoms in total. The highest BCUT2D eigenvalue weighted by Gasteiger charge is 2.15. The molecule has 0 saturated heterocycles. The van der Waals surface area contributed by atoms with Gasteiger partial charge >= 0.3 is 0 Å². The highest BCUT2D eigenvalue weighted by Crippen LogP contribution is 2.13. The molecule has 0 atom stereocenters. The van der Waals surface area contributed by atoms with Crippen LogP contribution in [0.15, 0.2) is 4.99 Å². The number of rotatable bonds is 6. The van der Waals surface area contributed by atoms with Gasteiger partial charge in [0, 0.05) is 33.2 Å². The van der Waals surface area contributed by atoms with Gasteiger partial charge in [0.15, 0.2) is 11.8 Å². The lowest BCUT2D eigenvalue weighted by Crippen LogP contribution is -2.39. The first-order valence-corrected chi connectivity index (χ1v) is 7.28. The van der Waals surface area contributed by atoms with Crippen molar-refractivity contribution in [3.63, 3.8) is 0 Å². The van der Waals surface area contributed by atoms with E-state index < -0.39 is 0 Å². The molecular weight excluding hydrogens is 383 g/mol. The summed E-state index contributed by atoms with van der Waals surface area (Å²) < 4.78 is 7.49. The average molecular weight is 408 g/mol. The number of aromatic nitrogens is 3.